The third-order valence-corrected chi connectivity index (χ3v) is 6.00. The van der Waals surface area contributed by atoms with Gasteiger partial charge >= 0.3 is 5.97 Å². The molecule has 1 amide bonds. The number of anilines is 1. The van der Waals surface area contributed by atoms with Gasteiger partial charge in [0.05, 0.1) is 5.69 Å². The van der Waals surface area contributed by atoms with Crippen LogP contribution in [0, 0.1) is 0 Å². The van der Waals surface area contributed by atoms with Gasteiger partial charge in [0.15, 0.2) is 4.87 Å². The fourth-order valence-corrected chi connectivity index (χ4v) is 4.72. The SMILES string of the molecule is CC(OC(=O)C12CCC(=O)N1c1ccccc1S2)c1ccccc1. The first kappa shape index (κ1) is 15.3. The molecule has 0 saturated carbocycles. The number of esters is 1. The molecule has 2 aromatic carbocycles. The third kappa shape index (κ3) is 2.23. The summed E-state index contributed by atoms with van der Waals surface area (Å²) in [6, 6.07) is 17.3. The Morgan fingerprint density at radius 2 is 1.88 bits per heavy atom. The predicted molar refractivity (Wildman–Crippen MR) is 92.7 cm³/mol. The molecule has 0 aromatic heterocycles. The van der Waals surface area contributed by atoms with Crippen LogP contribution >= 0.6 is 11.8 Å². The van der Waals surface area contributed by atoms with Crippen LogP contribution in [0.1, 0.15) is 31.4 Å². The third-order valence-electron chi connectivity index (χ3n) is 4.55. The van der Waals surface area contributed by atoms with E-state index < -0.39 is 4.87 Å². The van der Waals surface area contributed by atoms with Gasteiger partial charge in [0.1, 0.15) is 6.10 Å². The lowest BCUT2D eigenvalue weighted by Gasteiger charge is -2.30. The molecule has 2 atom stereocenters. The summed E-state index contributed by atoms with van der Waals surface area (Å²) in [7, 11) is 0. The van der Waals surface area contributed by atoms with Gasteiger partial charge in [-0.25, -0.2) is 4.79 Å². The van der Waals surface area contributed by atoms with Crippen molar-refractivity contribution in [3.05, 3.63) is 60.2 Å². The highest BCUT2D eigenvalue weighted by Crippen LogP contribution is 2.56. The van der Waals surface area contributed by atoms with Crippen molar-refractivity contribution in [1.29, 1.82) is 0 Å². The molecular formula is C19H17NO3S. The van der Waals surface area contributed by atoms with Gasteiger partial charge in [-0.1, -0.05) is 54.2 Å². The van der Waals surface area contributed by atoms with Crippen molar-refractivity contribution >= 4 is 29.3 Å². The van der Waals surface area contributed by atoms with E-state index in [1.807, 2.05) is 61.5 Å². The van der Waals surface area contributed by atoms with Crippen molar-refractivity contribution in [2.45, 2.75) is 35.6 Å². The van der Waals surface area contributed by atoms with E-state index >= 15 is 0 Å². The van der Waals surface area contributed by atoms with Gasteiger partial charge in [0.25, 0.3) is 0 Å². The van der Waals surface area contributed by atoms with E-state index in [1.165, 1.54) is 11.8 Å². The molecule has 0 radical (unpaired) electrons. The quantitative estimate of drug-likeness (QED) is 0.795. The summed E-state index contributed by atoms with van der Waals surface area (Å²) in [4.78, 5) is 27.0. The van der Waals surface area contributed by atoms with E-state index in [-0.39, 0.29) is 18.0 Å². The molecule has 0 N–H and O–H groups in total. The highest BCUT2D eigenvalue weighted by atomic mass is 32.2. The smallest absolute Gasteiger partial charge is 0.344 e. The van der Waals surface area contributed by atoms with Crippen LogP contribution in [-0.4, -0.2) is 16.7 Å². The topological polar surface area (TPSA) is 46.6 Å². The minimum Gasteiger partial charge on any atom is -0.455 e. The molecule has 2 unspecified atom stereocenters. The van der Waals surface area contributed by atoms with Crippen molar-refractivity contribution < 1.29 is 14.3 Å². The summed E-state index contributed by atoms with van der Waals surface area (Å²) in [5.41, 5.74) is 1.76. The molecule has 2 heterocycles. The van der Waals surface area contributed by atoms with Crippen LogP contribution in [0.25, 0.3) is 0 Å². The zero-order chi connectivity index (χ0) is 16.7. The molecule has 0 aliphatic carbocycles. The molecule has 24 heavy (non-hydrogen) atoms. The maximum absolute atomic E-state index is 13.0. The molecule has 1 saturated heterocycles. The largest absolute Gasteiger partial charge is 0.455 e. The van der Waals surface area contributed by atoms with Crippen molar-refractivity contribution in [3.8, 4) is 0 Å². The second-order valence-corrected chi connectivity index (χ2v) is 7.36. The van der Waals surface area contributed by atoms with E-state index in [0.29, 0.717) is 12.8 Å². The minimum absolute atomic E-state index is 0.0169. The summed E-state index contributed by atoms with van der Waals surface area (Å²) >= 11 is 1.43. The van der Waals surface area contributed by atoms with Gasteiger partial charge in [-0.2, -0.15) is 0 Å². The zero-order valence-corrected chi connectivity index (χ0v) is 14.1. The standard InChI is InChI=1S/C19H17NO3S/c1-13(14-7-3-2-4-8-14)23-18(22)19-12-11-17(21)20(19)15-9-5-6-10-16(15)24-19/h2-10,13H,11-12H2,1H3. The van der Waals surface area contributed by atoms with Crippen molar-refractivity contribution in [2.75, 3.05) is 4.90 Å². The number of ether oxygens (including phenoxy) is 1. The van der Waals surface area contributed by atoms with Crippen LogP contribution < -0.4 is 4.90 Å². The Bertz CT molecular complexity index is 807. The molecule has 1 fully saturated rings. The van der Waals surface area contributed by atoms with Gasteiger partial charge in [0, 0.05) is 17.7 Å². The molecule has 0 bridgehead atoms. The van der Waals surface area contributed by atoms with Crippen molar-refractivity contribution in [2.24, 2.45) is 0 Å². The summed E-state index contributed by atoms with van der Waals surface area (Å²) in [6.07, 6.45) is 0.497. The monoisotopic (exact) mass is 339 g/mol. The van der Waals surface area contributed by atoms with Gasteiger partial charge in [0.2, 0.25) is 5.91 Å². The van der Waals surface area contributed by atoms with Gasteiger partial charge in [-0.05, 0) is 24.6 Å². The number of fused-ring (bicyclic) bond motifs is 3. The second-order valence-electron chi connectivity index (χ2n) is 6.04. The predicted octanol–water partition coefficient (Wildman–Crippen LogP) is 3.92. The van der Waals surface area contributed by atoms with E-state index in [2.05, 4.69) is 0 Å². The number of hydrogen-bond donors (Lipinski definition) is 0. The molecule has 0 spiro atoms. The first-order valence-corrected chi connectivity index (χ1v) is 8.80. The number of para-hydroxylation sites is 1. The lowest BCUT2D eigenvalue weighted by Crippen LogP contribution is -2.48. The summed E-state index contributed by atoms with van der Waals surface area (Å²) in [6.45, 7) is 1.86. The second kappa shape index (κ2) is 5.67. The van der Waals surface area contributed by atoms with Gasteiger partial charge < -0.3 is 4.74 Å². The molecule has 4 nitrogen and oxygen atoms in total. The number of carbonyl (C=O) groups is 2. The Balaban J connectivity index is 1.63. The number of hydrogen-bond acceptors (Lipinski definition) is 4. The Labute approximate surface area is 144 Å². The van der Waals surface area contributed by atoms with E-state index in [0.717, 1.165) is 16.1 Å². The number of nitrogens with zero attached hydrogens (tertiary/aromatic N) is 1. The first-order valence-electron chi connectivity index (χ1n) is 7.99. The molecular weight excluding hydrogens is 322 g/mol. The number of rotatable bonds is 3. The van der Waals surface area contributed by atoms with Crippen LogP contribution in [0.15, 0.2) is 59.5 Å². The first-order chi connectivity index (χ1) is 11.6. The highest BCUT2D eigenvalue weighted by molar-refractivity contribution is 8.02. The van der Waals surface area contributed by atoms with Crippen molar-refractivity contribution in [3.63, 3.8) is 0 Å². The van der Waals surface area contributed by atoms with E-state index in [4.69, 9.17) is 4.74 Å². The zero-order valence-electron chi connectivity index (χ0n) is 13.3. The normalized spacial score (nSPS) is 22.9. The molecule has 5 heteroatoms. The summed E-state index contributed by atoms with van der Waals surface area (Å²) in [5, 5.41) is 0. The van der Waals surface area contributed by atoms with Gasteiger partial charge in [-0.3, -0.25) is 9.69 Å². The van der Waals surface area contributed by atoms with Gasteiger partial charge in [-0.15, -0.1) is 0 Å². The van der Waals surface area contributed by atoms with Crippen LogP contribution in [0.5, 0.6) is 0 Å². The average Bonchev–Trinajstić information content (AvgIpc) is 3.12. The summed E-state index contributed by atoms with van der Waals surface area (Å²) < 4.78 is 5.75. The number of carbonyl (C=O) groups excluding carboxylic acids is 2. The summed E-state index contributed by atoms with van der Waals surface area (Å²) in [5.74, 6) is -0.359. The van der Waals surface area contributed by atoms with Crippen LogP contribution in [0.3, 0.4) is 0 Å². The average molecular weight is 339 g/mol. The Hall–Kier alpha value is -2.27. The van der Waals surface area contributed by atoms with Crippen LogP contribution in [0.4, 0.5) is 5.69 Å². The Kier molecular flexibility index (Phi) is 3.61. The molecule has 2 aliphatic heterocycles. The maximum Gasteiger partial charge on any atom is 0.344 e. The fraction of sp³-hybridized carbons (Fsp3) is 0.263. The number of benzene rings is 2. The molecule has 2 aromatic rings. The lowest BCUT2D eigenvalue weighted by atomic mass is 10.1. The fourth-order valence-electron chi connectivity index (χ4n) is 3.32. The van der Waals surface area contributed by atoms with Crippen LogP contribution in [-0.2, 0) is 14.3 Å². The molecule has 4 rings (SSSR count). The Morgan fingerprint density at radius 1 is 1.17 bits per heavy atom. The maximum atomic E-state index is 13.0. The van der Waals surface area contributed by atoms with E-state index in [1.54, 1.807) is 4.90 Å². The van der Waals surface area contributed by atoms with Crippen LogP contribution in [0.2, 0.25) is 0 Å². The molecule has 122 valence electrons. The number of thioether (sulfide) groups is 1. The number of amides is 1. The van der Waals surface area contributed by atoms with E-state index in [9.17, 15) is 9.59 Å². The minimum atomic E-state index is -0.955. The van der Waals surface area contributed by atoms with Crippen molar-refractivity contribution in [1.82, 2.24) is 0 Å². The lowest BCUT2D eigenvalue weighted by molar-refractivity contribution is -0.151. The Morgan fingerprint density at radius 3 is 2.67 bits per heavy atom. The molecule has 2 aliphatic rings. The highest BCUT2D eigenvalue weighted by Gasteiger charge is 2.58.